The highest BCUT2D eigenvalue weighted by Crippen LogP contribution is 2.19. The van der Waals surface area contributed by atoms with Crippen molar-refractivity contribution in [1.29, 1.82) is 0 Å². The third kappa shape index (κ3) is 3.90. The van der Waals surface area contributed by atoms with E-state index in [0.29, 0.717) is 31.0 Å². The topological polar surface area (TPSA) is 91.4 Å². The first-order valence-corrected chi connectivity index (χ1v) is 8.17. The van der Waals surface area contributed by atoms with E-state index in [0.717, 1.165) is 5.82 Å². The second-order valence-electron chi connectivity index (χ2n) is 5.97. The quantitative estimate of drug-likeness (QED) is 0.877. The lowest BCUT2D eigenvalue weighted by atomic mass is 10.2. The van der Waals surface area contributed by atoms with Gasteiger partial charge in [-0.1, -0.05) is 11.6 Å². The van der Waals surface area contributed by atoms with E-state index in [1.54, 1.807) is 11.0 Å². The fourth-order valence-electron chi connectivity index (χ4n) is 2.56. The molecule has 3 heterocycles. The number of nitrogens with zero attached hydrogens (tertiary/aromatic N) is 4. The monoisotopic (exact) mass is 363 g/mol. The van der Waals surface area contributed by atoms with Gasteiger partial charge in [0.15, 0.2) is 5.82 Å². The van der Waals surface area contributed by atoms with Crippen molar-refractivity contribution < 1.29 is 9.53 Å². The molecule has 1 fully saturated rings. The molecule has 1 saturated heterocycles. The summed E-state index contributed by atoms with van der Waals surface area (Å²) in [7, 11) is 3.77. The van der Waals surface area contributed by atoms with Gasteiger partial charge in [0.1, 0.15) is 11.1 Å². The van der Waals surface area contributed by atoms with Gasteiger partial charge < -0.3 is 19.5 Å². The number of H-pyrrole nitrogens is 1. The molecule has 0 aliphatic carbocycles. The van der Waals surface area contributed by atoms with Crippen LogP contribution in [0.5, 0.6) is 5.88 Å². The van der Waals surface area contributed by atoms with E-state index in [2.05, 4.69) is 15.2 Å². The molecule has 132 valence electrons. The van der Waals surface area contributed by atoms with Crippen molar-refractivity contribution in [3.8, 4) is 5.88 Å². The van der Waals surface area contributed by atoms with Crippen LogP contribution in [0.4, 0.5) is 5.82 Å². The zero-order chi connectivity index (χ0) is 18.0. The Bertz CT molecular complexity index is 821. The Hall–Kier alpha value is -2.61. The Morgan fingerprint density at radius 1 is 1.40 bits per heavy atom. The van der Waals surface area contributed by atoms with E-state index in [1.807, 2.05) is 25.1 Å². The molecule has 25 heavy (non-hydrogen) atoms. The number of pyridine rings is 1. The lowest BCUT2D eigenvalue weighted by Crippen LogP contribution is -2.31. The van der Waals surface area contributed by atoms with Gasteiger partial charge in [0, 0.05) is 39.3 Å². The van der Waals surface area contributed by atoms with Crippen LogP contribution in [0.1, 0.15) is 16.8 Å². The Labute approximate surface area is 149 Å². The molecule has 2 aromatic heterocycles. The molecular weight excluding hydrogens is 346 g/mol. The number of aromatic amines is 1. The normalized spacial score (nSPS) is 16.8. The first kappa shape index (κ1) is 17.2. The summed E-state index contributed by atoms with van der Waals surface area (Å²) < 4.78 is 5.80. The summed E-state index contributed by atoms with van der Waals surface area (Å²) in [6.45, 7) is 0.996. The first-order valence-electron chi connectivity index (χ1n) is 7.79. The van der Waals surface area contributed by atoms with Crippen molar-refractivity contribution in [1.82, 2.24) is 20.1 Å². The van der Waals surface area contributed by atoms with Crippen molar-refractivity contribution in [2.75, 3.05) is 32.1 Å². The van der Waals surface area contributed by atoms with Gasteiger partial charge >= 0.3 is 0 Å². The molecule has 0 spiro atoms. The molecule has 0 bridgehead atoms. The Balaban J connectivity index is 1.62. The maximum Gasteiger partial charge on any atom is 0.266 e. The number of hydrogen-bond acceptors (Lipinski definition) is 6. The minimum absolute atomic E-state index is 0.00546. The number of carbonyl (C=O) groups is 1. The van der Waals surface area contributed by atoms with E-state index < -0.39 is 5.56 Å². The Morgan fingerprint density at radius 3 is 2.84 bits per heavy atom. The third-order valence-electron chi connectivity index (χ3n) is 3.91. The molecule has 1 amide bonds. The first-order chi connectivity index (χ1) is 11.9. The average Bonchev–Trinajstić information content (AvgIpc) is 3.05. The summed E-state index contributed by atoms with van der Waals surface area (Å²) in [6, 6.07) is 4.96. The standard InChI is InChI=1S/C16H18ClN5O3/c1-21(2)13-3-4-14(20-19-13)25-11-5-6-22(9-11)16(24)10-7-12(17)15(23)18-8-10/h3-4,7-8,11H,5-6,9H2,1-2H3,(H,18,23)/t11-/m0/s1. The zero-order valence-electron chi connectivity index (χ0n) is 13.9. The lowest BCUT2D eigenvalue weighted by molar-refractivity contribution is 0.0770. The second kappa shape index (κ2) is 7.10. The van der Waals surface area contributed by atoms with Gasteiger partial charge in [-0.3, -0.25) is 9.59 Å². The van der Waals surface area contributed by atoms with Gasteiger partial charge in [0.25, 0.3) is 11.5 Å². The number of aromatic nitrogens is 3. The number of amides is 1. The molecule has 1 N–H and O–H groups in total. The van der Waals surface area contributed by atoms with Crippen LogP contribution >= 0.6 is 11.6 Å². The maximum absolute atomic E-state index is 12.5. The van der Waals surface area contributed by atoms with Crippen LogP contribution < -0.4 is 15.2 Å². The summed E-state index contributed by atoms with van der Waals surface area (Å²) in [6.07, 6.45) is 1.91. The molecule has 9 heteroatoms. The van der Waals surface area contributed by atoms with E-state index in [-0.39, 0.29) is 17.0 Å². The second-order valence-corrected chi connectivity index (χ2v) is 6.38. The zero-order valence-corrected chi connectivity index (χ0v) is 14.7. The van der Waals surface area contributed by atoms with E-state index in [4.69, 9.17) is 16.3 Å². The predicted molar refractivity (Wildman–Crippen MR) is 93.4 cm³/mol. The molecule has 1 atom stereocenters. The fourth-order valence-corrected chi connectivity index (χ4v) is 2.73. The molecule has 8 nitrogen and oxygen atoms in total. The molecule has 2 aromatic rings. The molecule has 1 aliphatic heterocycles. The van der Waals surface area contributed by atoms with E-state index in [9.17, 15) is 9.59 Å². The van der Waals surface area contributed by atoms with Crippen LogP contribution in [-0.4, -0.2) is 59.3 Å². The molecule has 0 unspecified atom stereocenters. The number of carbonyl (C=O) groups excluding carboxylic acids is 1. The molecule has 0 aromatic carbocycles. The molecule has 0 saturated carbocycles. The van der Waals surface area contributed by atoms with Gasteiger partial charge in [0.05, 0.1) is 12.1 Å². The van der Waals surface area contributed by atoms with Crippen molar-refractivity contribution in [2.45, 2.75) is 12.5 Å². The fraction of sp³-hybridized carbons (Fsp3) is 0.375. The van der Waals surface area contributed by atoms with Gasteiger partial charge in [0.2, 0.25) is 5.88 Å². The van der Waals surface area contributed by atoms with Crippen LogP contribution in [0.25, 0.3) is 0 Å². The summed E-state index contributed by atoms with van der Waals surface area (Å²) in [5.41, 5.74) is -0.0685. The van der Waals surface area contributed by atoms with Gasteiger partial charge in [-0.15, -0.1) is 10.2 Å². The summed E-state index contributed by atoms with van der Waals surface area (Å²) in [4.78, 5) is 29.7. The van der Waals surface area contributed by atoms with Gasteiger partial charge in [-0.2, -0.15) is 0 Å². The third-order valence-corrected chi connectivity index (χ3v) is 4.19. The Kier molecular flexibility index (Phi) is 4.89. The van der Waals surface area contributed by atoms with Crippen LogP contribution in [0, 0.1) is 0 Å². The lowest BCUT2D eigenvalue weighted by Gasteiger charge is -2.17. The minimum atomic E-state index is -0.416. The number of ether oxygens (including phenoxy) is 1. The van der Waals surface area contributed by atoms with E-state index in [1.165, 1.54) is 12.3 Å². The average molecular weight is 364 g/mol. The molecular formula is C16H18ClN5O3. The number of likely N-dealkylation sites (tertiary alicyclic amines) is 1. The van der Waals surface area contributed by atoms with Crippen molar-refractivity contribution >= 4 is 23.3 Å². The predicted octanol–water partition coefficient (Wildman–Crippen LogP) is 1.18. The van der Waals surface area contributed by atoms with Gasteiger partial charge in [-0.25, -0.2) is 0 Å². The highest BCUT2D eigenvalue weighted by Gasteiger charge is 2.29. The number of halogens is 1. The smallest absolute Gasteiger partial charge is 0.266 e. The SMILES string of the molecule is CN(C)c1ccc(O[C@H]2CCN(C(=O)c3c[nH]c(=O)c(Cl)c3)C2)nn1. The van der Waals surface area contributed by atoms with Crippen LogP contribution in [0.3, 0.4) is 0 Å². The van der Waals surface area contributed by atoms with Crippen molar-refractivity contribution in [3.63, 3.8) is 0 Å². The van der Waals surface area contributed by atoms with Crippen LogP contribution in [-0.2, 0) is 0 Å². The largest absolute Gasteiger partial charge is 0.471 e. The summed E-state index contributed by atoms with van der Waals surface area (Å²) in [5.74, 6) is 0.973. The van der Waals surface area contributed by atoms with Crippen molar-refractivity contribution in [3.05, 3.63) is 45.3 Å². The number of nitrogens with one attached hydrogen (secondary N) is 1. The summed E-state index contributed by atoms with van der Waals surface area (Å²) in [5, 5.41) is 8.09. The van der Waals surface area contributed by atoms with Crippen LogP contribution in [0.15, 0.2) is 29.2 Å². The maximum atomic E-state index is 12.5. The highest BCUT2D eigenvalue weighted by atomic mass is 35.5. The number of hydrogen-bond donors (Lipinski definition) is 1. The highest BCUT2D eigenvalue weighted by molar-refractivity contribution is 6.30. The van der Waals surface area contributed by atoms with Crippen molar-refractivity contribution in [2.24, 2.45) is 0 Å². The van der Waals surface area contributed by atoms with E-state index >= 15 is 0 Å². The van der Waals surface area contributed by atoms with Gasteiger partial charge in [-0.05, 0) is 12.1 Å². The van der Waals surface area contributed by atoms with Crippen LogP contribution in [0.2, 0.25) is 5.02 Å². The molecule has 1 aliphatic rings. The Morgan fingerprint density at radius 2 is 2.20 bits per heavy atom. The minimum Gasteiger partial charge on any atom is -0.471 e. The molecule has 3 rings (SSSR count). The molecule has 0 radical (unpaired) electrons. The number of anilines is 1. The summed E-state index contributed by atoms with van der Waals surface area (Å²) >= 11 is 5.78. The number of rotatable bonds is 4.